The predicted octanol–water partition coefficient (Wildman–Crippen LogP) is 2.66. The van der Waals surface area contributed by atoms with E-state index >= 15 is 0 Å². The van der Waals surface area contributed by atoms with Crippen molar-refractivity contribution in [2.75, 3.05) is 18.8 Å². The number of halogens is 1. The van der Waals surface area contributed by atoms with Gasteiger partial charge in [0.05, 0.1) is 5.60 Å². The fourth-order valence-electron chi connectivity index (χ4n) is 2.41. The first kappa shape index (κ1) is 13.7. The molecule has 1 saturated heterocycles. The molecule has 1 fully saturated rings. The lowest BCUT2D eigenvalue weighted by atomic mass is 9.98. The summed E-state index contributed by atoms with van der Waals surface area (Å²) in [5.74, 6) is 0. The molecule has 0 bridgehead atoms. The number of anilines is 1. The van der Waals surface area contributed by atoms with Crippen LogP contribution in [0.2, 0.25) is 5.02 Å². The Hall–Kier alpha value is -0.770. The number of nitrogens with zero attached hydrogens (tertiary/aromatic N) is 1. The lowest BCUT2D eigenvalue weighted by Crippen LogP contribution is -2.28. The van der Waals surface area contributed by atoms with Crippen molar-refractivity contribution in [3.8, 4) is 0 Å². The number of hydrogen-bond acceptors (Lipinski definition) is 3. The van der Waals surface area contributed by atoms with Gasteiger partial charge >= 0.3 is 0 Å². The zero-order chi connectivity index (χ0) is 13.2. The van der Waals surface area contributed by atoms with Gasteiger partial charge in [0, 0.05) is 23.8 Å². The van der Waals surface area contributed by atoms with Crippen molar-refractivity contribution < 1.29 is 5.11 Å². The normalized spacial score (nSPS) is 25.9. The molecule has 3 N–H and O–H groups in total. The maximum absolute atomic E-state index is 10.1. The molecule has 0 spiro atoms. The van der Waals surface area contributed by atoms with Gasteiger partial charge in [-0.3, -0.25) is 4.90 Å². The molecule has 3 nitrogen and oxygen atoms in total. The maximum Gasteiger partial charge on any atom is 0.0632 e. The topological polar surface area (TPSA) is 49.5 Å². The Morgan fingerprint density at radius 2 is 2.17 bits per heavy atom. The molecule has 1 aliphatic rings. The molecule has 0 amide bonds. The highest BCUT2D eigenvalue weighted by molar-refractivity contribution is 6.31. The van der Waals surface area contributed by atoms with E-state index in [-0.39, 0.29) is 0 Å². The number of likely N-dealkylation sites (tertiary alicyclic amines) is 1. The van der Waals surface area contributed by atoms with Crippen molar-refractivity contribution in [1.82, 2.24) is 4.90 Å². The lowest BCUT2D eigenvalue weighted by Gasteiger charge is -2.22. The first-order chi connectivity index (χ1) is 8.46. The van der Waals surface area contributed by atoms with Gasteiger partial charge in [0.15, 0.2) is 0 Å². The Kier molecular flexibility index (Phi) is 4.15. The molecule has 4 heteroatoms. The van der Waals surface area contributed by atoms with Gasteiger partial charge in [0.1, 0.15) is 0 Å². The Balaban J connectivity index is 2.01. The molecular formula is C14H21ClN2O. The minimum Gasteiger partial charge on any atom is -0.399 e. The number of nitrogen functional groups attached to an aromatic ring is 1. The second kappa shape index (κ2) is 5.47. The summed E-state index contributed by atoms with van der Waals surface area (Å²) in [6, 6.07) is 5.67. The van der Waals surface area contributed by atoms with Crippen molar-refractivity contribution >= 4 is 17.3 Å². The molecule has 1 unspecified atom stereocenters. The van der Waals surface area contributed by atoms with Crippen LogP contribution in [-0.4, -0.2) is 28.7 Å². The number of hydrogen-bond donors (Lipinski definition) is 2. The summed E-state index contributed by atoms with van der Waals surface area (Å²) in [5, 5.41) is 10.8. The van der Waals surface area contributed by atoms with E-state index < -0.39 is 5.60 Å². The van der Waals surface area contributed by atoms with Crippen molar-refractivity contribution in [3.63, 3.8) is 0 Å². The van der Waals surface area contributed by atoms with E-state index in [1.807, 2.05) is 19.1 Å². The molecule has 2 rings (SSSR count). The zero-order valence-electron chi connectivity index (χ0n) is 10.8. The third-order valence-corrected chi connectivity index (χ3v) is 3.98. The second-order valence-corrected chi connectivity index (χ2v) is 5.88. The van der Waals surface area contributed by atoms with Crippen LogP contribution in [0, 0.1) is 0 Å². The van der Waals surface area contributed by atoms with Gasteiger partial charge in [-0.1, -0.05) is 17.7 Å². The van der Waals surface area contributed by atoms with Gasteiger partial charge in [-0.15, -0.1) is 0 Å². The molecule has 1 aromatic rings. The quantitative estimate of drug-likeness (QED) is 0.811. The van der Waals surface area contributed by atoms with Crippen LogP contribution in [0.4, 0.5) is 5.69 Å². The van der Waals surface area contributed by atoms with Crippen LogP contribution >= 0.6 is 11.6 Å². The summed E-state index contributed by atoms with van der Waals surface area (Å²) >= 11 is 6.19. The summed E-state index contributed by atoms with van der Waals surface area (Å²) in [7, 11) is 0. The van der Waals surface area contributed by atoms with E-state index in [9.17, 15) is 5.11 Å². The minimum atomic E-state index is -0.514. The monoisotopic (exact) mass is 268 g/mol. The smallest absolute Gasteiger partial charge is 0.0632 e. The average Bonchev–Trinajstić information content (AvgIpc) is 2.44. The minimum absolute atomic E-state index is 0.514. The standard InChI is InChI=1S/C14H21ClN2O/c1-14(18)5-2-7-17(8-6-14)10-11-3-4-12(16)9-13(11)15/h3-4,9,18H,2,5-8,10,16H2,1H3. The van der Waals surface area contributed by atoms with Crippen LogP contribution in [0.1, 0.15) is 31.7 Å². The molecular weight excluding hydrogens is 248 g/mol. The van der Waals surface area contributed by atoms with Crippen LogP contribution < -0.4 is 5.73 Å². The van der Waals surface area contributed by atoms with Crippen molar-refractivity contribution in [1.29, 1.82) is 0 Å². The van der Waals surface area contributed by atoms with Crippen LogP contribution in [0.5, 0.6) is 0 Å². The maximum atomic E-state index is 10.1. The third kappa shape index (κ3) is 3.61. The van der Waals surface area contributed by atoms with Gasteiger partial charge in [0.2, 0.25) is 0 Å². The van der Waals surface area contributed by atoms with Crippen LogP contribution in [0.25, 0.3) is 0 Å². The fourth-order valence-corrected chi connectivity index (χ4v) is 2.66. The molecule has 0 radical (unpaired) electrons. The number of aliphatic hydroxyl groups is 1. The van der Waals surface area contributed by atoms with E-state index in [4.69, 9.17) is 17.3 Å². The van der Waals surface area contributed by atoms with E-state index in [1.165, 1.54) is 0 Å². The number of nitrogens with two attached hydrogens (primary N) is 1. The lowest BCUT2D eigenvalue weighted by molar-refractivity contribution is 0.0444. The molecule has 100 valence electrons. The van der Waals surface area contributed by atoms with E-state index in [1.54, 1.807) is 6.07 Å². The predicted molar refractivity (Wildman–Crippen MR) is 75.6 cm³/mol. The molecule has 1 atom stereocenters. The Bertz CT molecular complexity index is 420. The van der Waals surface area contributed by atoms with E-state index in [2.05, 4.69) is 4.90 Å². The first-order valence-corrected chi connectivity index (χ1v) is 6.83. The SMILES string of the molecule is CC1(O)CCCN(Cc2ccc(N)cc2Cl)CC1. The summed E-state index contributed by atoms with van der Waals surface area (Å²) < 4.78 is 0. The van der Waals surface area contributed by atoms with Crippen molar-refractivity contribution in [2.24, 2.45) is 0 Å². The van der Waals surface area contributed by atoms with Crippen molar-refractivity contribution in [2.45, 2.75) is 38.3 Å². The second-order valence-electron chi connectivity index (χ2n) is 5.48. The van der Waals surface area contributed by atoms with E-state index in [0.29, 0.717) is 5.69 Å². The molecule has 1 heterocycles. The van der Waals surface area contributed by atoms with Crippen LogP contribution in [0.15, 0.2) is 18.2 Å². The Morgan fingerprint density at radius 1 is 1.39 bits per heavy atom. The molecule has 0 aliphatic carbocycles. The number of rotatable bonds is 2. The summed E-state index contributed by atoms with van der Waals surface area (Å²) in [6.45, 7) is 4.67. The Morgan fingerprint density at radius 3 is 2.89 bits per heavy atom. The molecule has 18 heavy (non-hydrogen) atoms. The highest BCUT2D eigenvalue weighted by Gasteiger charge is 2.25. The van der Waals surface area contributed by atoms with Crippen molar-refractivity contribution in [3.05, 3.63) is 28.8 Å². The average molecular weight is 269 g/mol. The highest BCUT2D eigenvalue weighted by atomic mass is 35.5. The Labute approximate surface area is 114 Å². The number of benzene rings is 1. The van der Waals surface area contributed by atoms with Gasteiger partial charge in [-0.05, 0) is 50.4 Å². The summed E-state index contributed by atoms with van der Waals surface area (Å²) in [4.78, 5) is 2.35. The first-order valence-electron chi connectivity index (χ1n) is 6.45. The molecule has 0 saturated carbocycles. The molecule has 0 aromatic heterocycles. The third-order valence-electron chi connectivity index (χ3n) is 3.63. The van der Waals surface area contributed by atoms with Gasteiger partial charge in [-0.25, -0.2) is 0 Å². The van der Waals surface area contributed by atoms with Gasteiger partial charge in [-0.2, -0.15) is 0 Å². The van der Waals surface area contributed by atoms with Gasteiger partial charge in [0.25, 0.3) is 0 Å². The molecule has 1 aliphatic heterocycles. The van der Waals surface area contributed by atoms with Crippen LogP contribution in [0.3, 0.4) is 0 Å². The fraction of sp³-hybridized carbons (Fsp3) is 0.571. The highest BCUT2D eigenvalue weighted by Crippen LogP contribution is 2.25. The zero-order valence-corrected chi connectivity index (χ0v) is 11.6. The van der Waals surface area contributed by atoms with Gasteiger partial charge < -0.3 is 10.8 Å². The summed E-state index contributed by atoms with van der Waals surface area (Å²) in [5.41, 5.74) is 6.98. The summed E-state index contributed by atoms with van der Waals surface area (Å²) in [6.07, 6.45) is 2.72. The van der Waals surface area contributed by atoms with E-state index in [0.717, 1.165) is 49.5 Å². The largest absolute Gasteiger partial charge is 0.399 e. The van der Waals surface area contributed by atoms with Crippen LogP contribution in [-0.2, 0) is 6.54 Å². The molecule has 1 aromatic carbocycles.